The monoisotopic (exact) mass is 638 g/mol. The average Bonchev–Trinajstić information content (AvgIpc) is 3.55. The summed E-state index contributed by atoms with van der Waals surface area (Å²) in [6, 6.07) is 29.0. The van der Waals surface area contributed by atoms with Crippen molar-refractivity contribution < 1.29 is 18.3 Å². The first-order chi connectivity index (χ1) is 21.5. The number of hydrogen-bond acceptors (Lipinski definition) is 7. The number of nitrogens with zero attached hydrogens (tertiary/aromatic N) is 2. The van der Waals surface area contributed by atoms with E-state index in [1.54, 1.807) is 24.3 Å². The third-order valence-electron chi connectivity index (χ3n) is 7.51. The van der Waals surface area contributed by atoms with Gasteiger partial charge in [0.2, 0.25) is 10.0 Å². The summed E-state index contributed by atoms with van der Waals surface area (Å²) in [6.07, 6.45) is 3.12. The highest BCUT2D eigenvalue weighted by atomic mass is 32.2. The molecule has 2 atom stereocenters. The van der Waals surface area contributed by atoms with Crippen LogP contribution in [0.2, 0.25) is 0 Å². The molecule has 9 heteroatoms. The second kappa shape index (κ2) is 18.9. The number of benzene rings is 3. The molecule has 0 spiro atoms. The smallest absolute Gasteiger partial charge is 0.229 e. The van der Waals surface area contributed by atoms with Crippen molar-refractivity contribution in [2.24, 2.45) is 5.92 Å². The van der Waals surface area contributed by atoms with Crippen LogP contribution in [0.25, 0.3) is 0 Å². The van der Waals surface area contributed by atoms with E-state index in [9.17, 15) is 13.5 Å². The molecule has 0 amide bonds. The van der Waals surface area contributed by atoms with Gasteiger partial charge in [0.15, 0.2) is 0 Å². The van der Waals surface area contributed by atoms with Gasteiger partial charge in [-0.25, -0.2) is 8.42 Å². The van der Waals surface area contributed by atoms with Gasteiger partial charge in [0, 0.05) is 43.7 Å². The van der Waals surface area contributed by atoms with Gasteiger partial charge in [-0.2, -0.15) is 0 Å². The molecule has 3 aromatic carbocycles. The number of ether oxygens (including phenoxy) is 1. The van der Waals surface area contributed by atoms with E-state index < -0.39 is 16.1 Å². The lowest BCUT2D eigenvalue weighted by Gasteiger charge is -2.34. The minimum Gasteiger partial charge on any atom is -0.387 e. The SMILES string of the molecule is CC(C)COCC(CN(Cc1ccccc1)c1ccccc1)N1CCCC1.CC(C)NCC(O)c1ccc(NS(C)(=O)=O)cc1. The number of sulfonamides is 1. The van der Waals surface area contributed by atoms with E-state index in [0.29, 0.717) is 30.2 Å². The highest BCUT2D eigenvalue weighted by Crippen LogP contribution is 2.21. The van der Waals surface area contributed by atoms with Crippen molar-refractivity contribution >= 4 is 21.4 Å². The summed E-state index contributed by atoms with van der Waals surface area (Å²) in [5.74, 6) is 0.582. The van der Waals surface area contributed by atoms with Crippen LogP contribution in [-0.2, 0) is 21.3 Å². The Morgan fingerprint density at radius 2 is 1.47 bits per heavy atom. The standard InChI is InChI=1S/C24H34N2O.C12H20N2O3S/c1-21(2)19-27-20-24(25-15-9-10-16-25)18-26(23-13-7-4-8-14-23)17-22-11-5-3-6-12-22;1-9(2)13-8-12(15)10-4-6-11(7-5-10)14-18(3,16)17/h3-8,11-14,21,24H,9-10,15-20H2,1-2H3;4-7,9,12-15H,8H2,1-3H3. The van der Waals surface area contributed by atoms with Crippen LogP contribution in [-0.4, -0.2) is 76.2 Å². The Labute approximate surface area is 271 Å². The second-order valence-electron chi connectivity index (χ2n) is 12.6. The van der Waals surface area contributed by atoms with Gasteiger partial charge in [-0.3, -0.25) is 9.62 Å². The van der Waals surface area contributed by atoms with Gasteiger partial charge in [-0.1, -0.05) is 88.4 Å². The normalized spacial score (nSPS) is 15.0. The largest absolute Gasteiger partial charge is 0.387 e. The van der Waals surface area contributed by atoms with E-state index >= 15 is 0 Å². The van der Waals surface area contributed by atoms with Crippen molar-refractivity contribution in [3.8, 4) is 0 Å². The molecular formula is C36H54N4O4S. The summed E-state index contributed by atoms with van der Waals surface area (Å²) in [7, 11) is -3.26. The first-order valence-corrected chi connectivity index (χ1v) is 18.0. The van der Waals surface area contributed by atoms with Gasteiger partial charge in [-0.05, 0) is 67.2 Å². The van der Waals surface area contributed by atoms with Crippen molar-refractivity contribution in [1.82, 2.24) is 10.2 Å². The Hall–Kier alpha value is -2.95. The molecule has 1 aliphatic rings. The molecule has 0 saturated carbocycles. The number of para-hydroxylation sites is 1. The van der Waals surface area contributed by atoms with Crippen molar-refractivity contribution in [3.05, 3.63) is 96.1 Å². The quantitative estimate of drug-likeness (QED) is 0.179. The zero-order valence-corrected chi connectivity index (χ0v) is 28.5. The Morgan fingerprint density at radius 1 is 0.867 bits per heavy atom. The lowest BCUT2D eigenvalue weighted by molar-refractivity contribution is 0.0567. The van der Waals surface area contributed by atoms with Crippen LogP contribution in [0.1, 0.15) is 57.8 Å². The highest BCUT2D eigenvalue weighted by molar-refractivity contribution is 7.92. The van der Waals surface area contributed by atoms with E-state index in [1.165, 1.54) is 37.2 Å². The van der Waals surface area contributed by atoms with Crippen molar-refractivity contribution in [1.29, 1.82) is 0 Å². The van der Waals surface area contributed by atoms with Crippen LogP contribution in [0.15, 0.2) is 84.9 Å². The average molecular weight is 639 g/mol. The van der Waals surface area contributed by atoms with Crippen LogP contribution < -0.4 is 14.9 Å². The summed E-state index contributed by atoms with van der Waals surface area (Å²) in [5, 5.41) is 13.0. The zero-order valence-electron chi connectivity index (χ0n) is 27.7. The number of likely N-dealkylation sites (tertiary alicyclic amines) is 1. The minimum atomic E-state index is -3.26. The molecule has 0 aromatic heterocycles. The molecule has 1 saturated heterocycles. The molecule has 4 rings (SSSR count). The Kier molecular flexibility index (Phi) is 15.3. The van der Waals surface area contributed by atoms with E-state index in [4.69, 9.17) is 4.74 Å². The Bertz CT molecular complexity index is 1320. The summed E-state index contributed by atoms with van der Waals surface area (Å²) in [5.41, 5.74) is 3.88. The molecule has 8 nitrogen and oxygen atoms in total. The molecule has 0 aliphatic carbocycles. The summed E-state index contributed by atoms with van der Waals surface area (Å²) >= 11 is 0. The number of aliphatic hydroxyl groups is 1. The number of nitrogens with one attached hydrogen (secondary N) is 2. The molecule has 1 fully saturated rings. The van der Waals surface area contributed by atoms with Gasteiger partial charge in [0.05, 0.1) is 25.0 Å². The fraction of sp³-hybridized carbons (Fsp3) is 0.500. The number of aliphatic hydroxyl groups excluding tert-OH is 1. The molecule has 45 heavy (non-hydrogen) atoms. The molecule has 1 heterocycles. The van der Waals surface area contributed by atoms with E-state index in [2.05, 4.69) is 94.3 Å². The maximum absolute atomic E-state index is 11.0. The maximum Gasteiger partial charge on any atom is 0.229 e. The van der Waals surface area contributed by atoms with Crippen LogP contribution in [0.5, 0.6) is 0 Å². The summed E-state index contributed by atoms with van der Waals surface area (Å²) in [4.78, 5) is 5.14. The molecule has 0 bridgehead atoms. The van der Waals surface area contributed by atoms with Gasteiger partial charge in [-0.15, -0.1) is 0 Å². The fourth-order valence-electron chi connectivity index (χ4n) is 5.23. The fourth-order valence-corrected chi connectivity index (χ4v) is 5.80. The first-order valence-electron chi connectivity index (χ1n) is 16.1. The van der Waals surface area contributed by atoms with E-state index in [0.717, 1.165) is 38.1 Å². The van der Waals surface area contributed by atoms with Crippen LogP contribution in [0, 0.1) is 5.92 Å². The molecule has 2 unspecified atom stereocenters. The minimum absolute atomic E-state index is 0.311. The summed E-state index contributed by atoms with van der Waals surface area (Å²) < 4.78 is 30.5. The molecule has 3 N–H and O–H groups in total. The number of hydrogen-bond donors (Lipinski definition) is 3. The third-order valence-corrected chi connectivity index (χ3v) is 8.11. The number of anilines is 2. The maximum atomic E-state index is 11.0. The van der Waals surface area contributed by atoms with Gasteiger partial charge < -0.3 is 20.1 Å². The molecule has 248 valence electrons. The van der Waals surface area contributed by atoms with Crippen LogP contribution in [0.3, 0.4) is 0 Å². The van der Waals surface area contributed by atoms with E-state index in [-0.39, 0.29) is 0 Å². The van der Waals surface area contributed by atoms with Gasteiger partial charge in [0.1, 0.15) is 0 Å². The highest BCUT2D eigenvalue weighted by Gasteiger charge is 2.25. The number of rotatable bonds is 16. The Morgan fingerprint density at radius 3 is 2.02 bits per heavy atom. The molecule has 1 aliphatic heterocycles. The topological polar surface area (TPSA) is 94.1 Å². The van der Waals surface area contributed by atoms with Crippen molar-refractivity contribution in [2.75, 3.05) is 55.3 Å². The van der Waals surface area contributed by atoms with Crippen LogP contribution >= 0.6 is 0 Å². The van der Waals surface area contributed by atoms with E-state index in [1.807, 2.05) is 13.8 Å². The lowest BCUT2D eigenvalue weighted by Crippen LogP contribution is -2.45. The lowest BCUT2D eigenvalue weighted by atomic mass is 10.1. The predicted octanol–water partition coefficient (Wildman–Crippen LogP) is 5.92. The van der Waals surface area contributed by atoms with Crippen LogP contribution in [0.4, 0.5) is 11.4 Å². The third kappa shape index (κ3) is 14.3. The van der Waals surface area contributed by atoms with Gasteiger partial charge >= 0.3 is 0 Å². The Balaban J connectivity index is 0.000000268. The molecular weight excluding hydrogens is 584 g/mol. The first kappa shape index (κ1) is 36.5. The summed E-state index contributed by atoms with van der Waals surface area (Å²) in [6.45, 7) is 14.9. The van der Waals surface area contributed by atoms with Crippen molar-refractivity contribution in [3.63, 3.8) is 0 Å². The zero-order chi connectivity index (χ0) is 32.7. The second-order valence-corrected chi connectivity index (χ2v) is 14.4. The van der Waals surface area contributed by atoms with Gasteiger partial charge in [0.25, 0.3) is 0 Å². The molecule has 3 aromatic rings. The predicted molar refractivity (Wildman–Crippen MR) is 187 cm³/mol. The van der Waals surface area contributed by atoms with Crippen molar-refractivity contribution in [2.45, 2.75) is 65.3 Å². The molecule has 0 radical (unpaired) electrons.